The van der Waals surface area contributed by atoms with Crippen LogP contribution in [0.2, 0.25) is 5.02 Å². The molecule has 0 spiro atoms. The highest BCUT2D eigenvalue weighted by Crippen LogP contribution is 2.32. The van der Waals surface area contributed by atoms with Gasteiger partial charge in [-0.05, 0) is 38.1 Å². The monoisotopic (exact) mass is 407 g/mol. The molecule has 0 bridgehead atoms. The fourth-order valence-corrected chi connectivity index (χ4v) is 2.76. The van der Waals surface area contributed by atoms with Gasteiger partial charge in [-0.3, -0.25) is 14.9 Å². The van der Waals surface area contributed by atoms with Crippen molar-refractivity contribution in [2.45, 2.75) is 13.8 Å². The molecule has 2 aromatic carbocycles. The second-order valence-electron chi connectivity index (χ2n) is 5.82. The molecule has 1 amide bonds. The maximum atomic E-state index is 12.4. The number of amides is 1. The predicted octanol–water partition coefficient (Wildman–Crippen LogP) is 4.12. The molecule has 0 atom stereocenters. The van der Waals surface area contributed by atoms with Crippen LogP contribution in [0, 0.1) is 10.1 Å². The van der Waals surface area contributed by atoms with Gasteiger partial charge in [0.25, 0.3) is 5.69 Å². The fourth-order valence-electron chi connectivity index (χ4n) is 2.60. The smallest absolute Gasteiger partial charge is 0.294 e. The number of rotatable bonds is 9. The number of hydrogen-bond donors (Lipinski definition) is 1. The summed E-state index contributed by atoms with van der Waals surface area (Å²) >= 11 is 5.83. The molecule has 1 N–H and O–H groups in total. The number of hydrogen-bond acceptors (Lipinski definition) is 6. The van der Waals surface area contributed by atoms with E-state index in [2.05, 4.69) is 5.32 Å². The molecule has 28 heavy (non-hydrogen) atoms. The first-order valence-corrected chi connectivity index (χ1v) is 9.08. The molecule has 0 heterocycles. The van der Waals surface area contributed by atoms with Gasteiger partial charge in [0.2, 0.25) is 5.91 Å². The Hall–Kier alpha value is -3.00. The van der Waals surface area contributed by atoms with Gasteiger partial charge in [0.15, 0.2) is 11.5 Å². The number of carbonyl (C=O) groups excluding carboxylic acids is 1. The van der Waals surface area contributed by atoms with Crippen LogP contribution in [-0.4, -0.2) is 37.6 Å². The molecule has 0 aliphatic heterocycles. The first-order valence-electron chi connectivity index (χ1n) is 8.70. The lowest BCUT2D eigenvalue weighted by Crippen LogP contribution is -2.30. The van der Waals surface area contributed by atoms with E-state index in [9.17, 15) is 14.9 Å². The molecule has 0 aliphatic rings. The van der Waals surface area contributed by atoms with Crippen molar-refractivity contribution in [1.82, 2.24) is 0 Å². The van der Waals surface area contributed by atoms with Crippen molar-refractivity contribution in [3.05, 3.63) is 51.5 Å². The Morgan fingerprint density at radius 3 is 2.46 bits per heavy atom. The average Bonchev–Trinajstić information content (AvgIpc) is 2.63. The van der Waals surface area contributed by atoms with Gasteiger partial charge in [-0.1, -0.05) is 11.6 Å². The zero-order valence-electron chi connectivity index (χ0n) is 15.9. The highest BCUT2D eigenvalue weighted by Gasteiger charge is 2.19. The van der Waals surface area contributed by atoms with Crippen molar-refractivity contribution in [1.29, 1.82) is 0 Å². The molecule has 9 heteroatoms. The number of likely N-dealkylation sites (N-methyl/N-ethyl adjacent to an activating group) is 1. The lowest BCUT2D eigenvalue weighted by Gasteiger charge is -2.19. The van der Waals surface area contributed by atoms with Gasteiger partial charge >= 0.3 is 0 Å². The quantitative estimate of drug-likeness (QED) is 0.496. The Labute approximate surface area is 168 Å². The number of anilines is 2. The van der Waals surface area contributed by atoms with Crippen molar-refractivity contribution in [3.8, 4) is 11.5 Å². The first kappa shape index (κ1) is 21.3. The maximum absolute atomic E-state index is 12.4. The number of halogens is 1. The van der Waals surface area contributed by atoms with E-state index in [0.29, 0.717) is 36.1 Å². The highest BCUT2D eigenvalue weighted by molar-refractivity contribution is 6.30. The van der Waals surface area contributed by atoms with Crippen LogP contribution in [0.25, 0.3) is 0 Å². The van der Waals surface area contributed by atoms with Crippen LogP contribution in [-0.2, 0) is 4.79 Å². The van der Waals surface area contributed by atoms with Gasteiger partial charge in [0.05, 0.1) is 24.7 Å². The normalized spacial score (nSPS) is 10.3. The molecule has 0 fully saturated rings. The molecule has 8 nitrogen and oxygen atoms in total. The number of nitro benzene ring substituents is 1. The lowest BCUT2D eigenvalue weighted by atomic mass is 10.2. The van der Waals surface area contributed by atoms with Gasteiger partial charge in [-0.15, -0.1) is 0 Å². The van der Waals surface area contributed by atoms with Crippen molar-refractivity contribution in [3.63, 3.8) is 0 Å². The molecular weight excluding hydrogens is 386 g/mol. The van der Waals surface area contributed by atoms with Crippen molar-refractivity contribution < 1.29 is 19.2 Å². The van der Waals surface area contributed by atoms with Crippen LogP contribution in [0.3, 0.4) is 0 Å². The number of nitrogens with zero attached hydrogens (tertiary/aromatic N) is 2. The van der Waals surface area contributed by atoms with Crippen LogP contribution in [0.1, 0.15) is 13.8 Å². The Morgan fingerprint density at radius 1 is 1.14 bits per heavy atom. The third-order valence-electron chi connectivity index (χ3n) is 3.75. The minimum atomic E-state index is -0.531. The highest BCUT2D eigenvalue weighted by atomic mass is 35.5. The summed E-state index contributed by atoms with van der Waals surface area (Å²) in [4.78, 5) is 24.6. The number of benzene rings is 2. The van der Waals surface area contributed by atoms with E-state index in [-0.39, 0.29) is 23.2 Å². The van der Waals surface area contributed by atoms with E-state index in [1.807, 2.05) is 13.8 Å². The fraction of sp³-hybridized carbons (Fsp3) is 0.316. The summed E-state index contributed by atoms with van der Waals surface area (Å²) in [6.45, 7) is 4.60. The molecule has 0 aliphatic carbocycles. The Kier molecular flexibility index (Phi) is 7.45. The lowest BCUT2D eigenvalue weighted by molar-refractivity contribution is -0.384. The van der Waals surface area contributed by atoms with Crippen molar-refractivity contribution in [2.24, 2.45) is 0 Å². The van der Waals surface area contributed by atoms with Crippen LogP contribution in [0.5, 0.6) is 11.5 Å². The molecule has 2 aromatic rings. The van der Waals surface area contributed by atoms with Crippen LogP contribution >= 0.6 is 11.6 Å². The summed E-state index contributed by atoms with van der Waals surface area (Å²) in [7, 11) is 1.60. The molecule has 150 valence electrons. The van der Waals surface area contributed by atoms with Crippen LogP contribution in [0.15, 0.2) is 36.4 Å². The largest absolute Gasteiger partial charge is 0.490 e. The van der Waals surface area contributed by atoms with Gasteiger partial charge in [0.1, 0.15) is 5.69 Å². The zero-order chi connectivity index (χ0) is 20.7. The average molecular weight is 408 g/mol. The standard InChI is InChI=1S/C19H22ClN3O5/c1-4-27-17-9-7-14(11-18(17)28-5-2)21-19(24)12-22(3)15-8-6-13(20)10-16(15)23(25)26/h6-11H,4-5,12H2,1-3H3,(H,21,24). The van der Waals surface area contributed by atoms with E-state index in [1.54, 1.807) is 31.3 Å². The molecular formula is C19H22ClN3O5. The minimum Gasteiger partial charge on any atom is -0.490 e. The number of carbonyl (C=O) groups is 1. The van der Waals surface area contributed by atoms with Gasteiger partial charge in [0, 0.05) is 29.9 Å². The number of nitro groups is 1. The second kappa shape index (κ2) is 9.80. The second-order valence-corrected chi connectivity index (χ2v) is 6.26. The van der Waals surface area contributed by atoms with E-state index in [0.717, 1.165) is 0 Å². The van der Waals surface area contributed by atoms with Gasteiger partial charge in [-0.2, -0.15) is 0 Å². The first-order chi connectivity index (χ1) is 13.3. The van der Waals surface area contributed by atoms with E-state index in [1.165, 1.54) is 17.0 Å². The summed E-state index contributed by atoms with van der Waals surface area (Å²) in [6, 6.07) is 9.41. The minimum absolute atomic E-state index is 0.0837. The van der Waals surface area contributed by atoms with Gasteiger partial charge in [-0.25, -0.2) is 0 Å². The molecule has 0 aromatic heterocycles. The third kappa shape index (κ3) is 5.50. The molecule has 0 radical (unpaired) electrons. The number of nitrogens with one attached hydrogen (secondary N) is 1. The van der Waals surface area contributed by atoms with Crippen molar-refractivity contribution >= 4 is 34.6 Å². The Bertz CT molecular complexity index is 859. The predicted molar refractivity (Wildman–Crippen MR) is 109 cm³/mol. The Morgan fingerprint density at radius 2 is 1.82 bits per heavy atom. The summed E-state index contributed by atoms with van der Waals surface area (Å²) in [5, 5.41) is 14.2. The van der Waals surface area contributed by atoms with E-state index >= 15 is 0 Å². The molecule has 2 rings (SSSR count). The van der Waals surface area contributed by atoms with Crippen LogP contribution in [0.4, 0.5) is 17.1 Å². The van der Waals surface area contributed by atoms with E-state index < -0.39 is 4.92 Å². The topological polar surface area (TPSA) is 93.9 Å². The molecule has 0 saturated carbocycles. The SMILES string of the molecule is CCOc1ccc(NC(=O)CN(C)c2ccc(Cl)cc2[N+](=O)[O-])cc1OCC. The van der Waals surface area contributed by atoms with Crippen molar-refractivity contribution in [2.75, 3.05) is 37.0 Å². The zero-order valence-corrected chi connectivity index (χ0v) is 16.7. The summed E-state index contributed by atoms with van der Waals surface area (Å²) in [5.41, 5.74) is 0.671. The Balaban J connectivity index is 2.12. The summed E-state index contributed by atoms with van der Waals surface area (Å²) < 4.78 is 11.0. The third-order valence-corrected chi connectivity index (χ3v) is 3.99. The summed E-state index contributed by atoms with van der Waals surface area (Å²) in [6.07, 6.45) is 0. The van der Waals surface area contributed by atoms with Gasteiger partial charge < -0.3 is 19.7 Å². The summed E-state index contributed by atoms with van der Waals surface area (Å²) in [5.74, 6) is 0.790. The molecule has 0 saturated heterocycles. The van der Waals surface area contributed by atoms with Crippen LogP contribution < -0.4 is 19.7 Å². The maximum Gasteiger partial charge on any atom is 0.294 e. The number of ether oxygens (including phenoxy) is 2. The van der Waals surface area contributed by atoms with E-state index in [4.69, 9.17) is 21.1 Å². The molecule has 0 unspecified atom stereocenters.